The van der Waals surface area contributed by atoms with E-state index in [-0.39, 0.29) is 26.2 Å². The quantitative estimate of drug-likeness (QED) is 0.837. The van der Waals surface area contributed by atoms with Crippen molar-refractivity contribution in [1.82, 2.24) is 0 Å². The fourth-order valence-electron chi connectivity index (χ4n) is 1.61. The molecular weight excluding hydrogens is 333 g/mol. The maximum Gasteiger partial charge on any atom is 0.263 e. The molecule has 0 heterocycles. The van der Waals surface area contributed by atoms with E-state index < -0.39 is 10.0 Å². The monoisotopic (exact) mass is 341 g/mol. The Morgan fingerprint density at radius 3 is 2.48 bits per heavy atom. The van der Waals surface area contributed by atoms with Crippen molar-refractivity contribution >= 4 is 44.6 Å². The number of halogens is 2. The standard InChI is InChI=1S/C13H9Cl2N3O2S/c14-9-2-1-8(7-16)13(5-9)21(19,20)18-10-3-4-12(17)11(15)6-10/h1-6,18H,17H2. The molecule has 0 fully saturated rings. The first kappa shape index (κ1) is 15.4. The summed E-state index contributed by atoms with van der Waals surface area (Å²) in [7, 11) is -3.96. The summed E-state index contributed by atoms with van der Waals surface area (Å²) in [6.07, 6.45) is 0. The van der Waals surface area contributed by atoms with Crippen molar-refractivity contribution in [3.8, 4) is 6.07 Å². The lowest BCUT2D eigenvalue weighted by atomic mass is 10.2. The van der Waals surface area contributed by atoms with Crippen LogP contribution in [0.2, 0.25) is 10.0 Å². The molecule has 2 aromatic carbocycles. The van der Waals surface area contributed by atoms with Crippen LogP contribution in [-0.4, -0.2) is 8.42 Å². The van der Waals surface area contributed by atoms with E-state index in [0.717, 1.165) is 0 Å². The molecule has 5 nitrogen and oxygen atoms in total. The number of benzene rings is 2. The van der Waals surface area contributed by atoms with E-state index in [1.54, 1.807) is 0 Å². The van der Waals surface area contributed by atoms with Gasteiger partial charge in [0.1, 0.15) is 11.0 Å². The fourth-order valence-corrected chi connectivity index (χ4v) is 3.26. The Bertz CT molecular complexity index is 845. The van der Waals surface area contributed by atoms with Gasteiger partial charge < -0.3 is 5.73 Å². The highest BCUT2D eigenvalue weighted by Crippen LogP contribution is 2.26. The highest BCUT2D eigenvalue weighted by atomic mass is 35.5. The number of rotatable bonds is 3. The molecule has 0 spiro atoms. The third-order valence-electron chi connectivity index (χ3n) is 2.61. The predicted molar refractivity (Wildman–Crippen MR) is 82.8 cm³/mol. The number of anilines is 2. The second-order valence-electron chi connectivity index (χ2n) is 4.09. The van der Waals surface area contributed by atoms with E-state index >= 15 is 0 Å². The van der Waals surface area contributed by atoms with E-state index in [9.17, 15) is 8.42 Å². The first-order chi connectivity index (χ1) is 9.83. The molecule has 3 N–H and O–H groups in total. The molecule has 0 bridgehead atoms. The zero-order valence-corrected chi connectivity index (χ0v) is 12.8. The lowest BCUT2D eigenvalue weighted by Crippen LogP contribution is -2.14. The predicted octanol–water partition coefficient (Wildman–Crippen LogP) is 3.25. The fraction of sp³-hybridized carbons (Fsp3) is 0. The molecule has 108 valence electrons. The van der Waals surface area contributed by atoms with Gasteiger partial charge in [-0.05, 0) is 36.4 Å². The normalized spacial score (nSPS) is 10.9. The summed E-state index contributed by atoms with van der Waals surface area (Å²) in [5.41, 5.74) is 6.12. The van der Waals surface area contributed by atoms with Crippen molar-refractivity contribution in [1.29, 1.82) is 5.26 Å². The molecular formula is C13H9Cl2N3O2S. The molecule has 0 atom stereocenters. The molecule has 0 unspecified atom stereocenters. The average Bonchev–Trinajstić information content (AvgIpc) is 2.42. The van der Waals surface area contributed by atoms with Crippen LogP contribution < -0.4 is 10.5 Å². The van der Waals surface area contributed by atoms with Crippen LogP contribution >= 0.6 is 23.2 Å². The Morgan fingerprint density at radius 2 is 1.86 bits per heavy atom. The summed E-state index contributed by atoms with van der Waals surface area (Å²) in [6.45, 7) is 0. The Hall–Kier alpha value is -1.94. The second-order valence-corrected chi connectivity index (χ2v) is 6.59. The molecule has 0 radical (unpaired) electrons. The van der Waals surface area contributed by atoms with Crippen molar-refractivity contribution in [3.63, 3.8) is 0 Å². The zero-order valence-electron chi connectivity index (χ0n) is 10.5. The first-order valence-electron chi connectivity index (χ1n) is 5.61. The van der Waals surface area contributed by atoms with Crippen LogP contribution in [0.1, 0.15) is 5.56 Å². The van der Waals surface area contributed by atoms with E-state index in [1.807, 2.05) is 6.07 Å². The maximum atomic E-state index is 12.3. The summed E-state index contributed by atoms with van der Waals surface area (Å²) in [4.78, 5) is -0.203. The largest absolute Gasteiger partial charge is 0.398 e. The van der Waals surface area contributed by atoms with Crippen molar-refractivity contribution in [3.05, 3.63) is 52.0 Å². The number of sulfonamides is 1. The molecule has 0 saturated heterocycles. The minimum Gasteiger partial charge on any atom is -0.398 e. The van der Waals surface area contributed by atoms with Gasteiger partial charge in [0, 0.05) is 5.02 Å². The van der Waals surface area contributed by atoms with Gasteiger partial charge in [0.2, 0.25) is 0 Å². The average molecular weight is 342 g/mol. The van der Waals surface area contributed by atoms with Gasteiger partial charge in [-0.15, -0.1) is 0 Å². The van der Waals surface area contributed by atoms with Crippen LogP contribution in [0.5, 0.6) is 0 Å². The summed E-state index contributed by atoms with van der Waals surface area (Å²) in [5, 5.41) is 9.43. The van der Waals surface area contributed by atoms with E-state index in [2.05, 4.69) is 4.72 Å². The number of nitrogens with one attached hydrogen (secondary N) is 1. The topological polar surface area (TPSA) is 96.0 Å². The lowest BCUT2D eigenvalue weighted by Gasteiger charge is -2.10. The van der Waals surface area contributed by atoms with Gasteiger partial charge in [0.25, 0.3) is 10.0 Å². The van der Waals surface area contributed by atoms with Gasteiger partial charge in [0.15, 0.2) is 0 Å². The third kappa shape index (κ3) is 3.39. The minimum atomic E-state index is -3.96. The molecule has 8 heteroatoms. The number of nitrogens with zero attached hydrogens (tertiary/aromatic N) is 1. The van der Waals surface area contributed by atoms with Gasteiger partial charge in [-0.25, -0.2) is 8.42 Å². The molecule has 0 aliphatic carbocycles. The number of nitrogen functional groups attached to an aromatic ring is 1. The number of nitrogens with two attached hydrogens (primary N) is 1. The van der Waals surface area contributed by atoms with Crippen LogP contribution in [0.4, 0.5) is 11.4 Å². The zero-order chi connectivity index (χ0) is 15.6. The van der Waals surface area contributed by atoms with E-state index in [0.29, 0.717) is 5.69 Å². The SMILES string of the molecule is N#Cc1ccc(Cl)cc1S(=O)(=O)Nc1ccc(N)c(Cl)c1. The van der Waals surface area contributed by atoms with Crippen LogP contribution in [0, 0.1) is 11.3 Å². The lowest BCUT2D eigenvalue weighted by molar-refractivity contribution is 0.601. The summed E-state index contributed by atoms with van der Waals surface area (Å²) >= 11 is 11.6. The maximum absolute atomic E-state index is 12.3. The third-order valence-corrected chi connectivity index (χ3v) is 4.59. The second kappa shape index (κ2) is 5.82. The van der Waals surface area contributed by atoms with E-state index in [4.69, 9.17) is 34.2 Å². The van der Waals surface area contributed by atoms with Crippen LogP contribution in [-0.2, 0) is 10.0 Å². The van der Waals surface area contributed by atoms with Gasteiger partial charge in [-0.2, -0.15) is 5.26 Å². The Morgan fingerprint density at radius 1 is 1.14 bits per heavy atom. The number of hydrogen-bond donors (Lipinski definition) is 2. The molecule has 2 aromatic rings. The van der Waals surface area contributed by atoms with Gasteiger partial charge in [0.05, 0.1) is 22.0 Å². The Labute approximate surface area is 132 Å². The number of nitriles is 1. The molecule has 0 amide bonds. The minimum absolute atomic E-state index is 0.00607. The summed E-state index contributed by atoms with van der Waals surface area (Å²) < 4.78 is 27.0. The van der Waals surface area contributed by atoms with Crippen molar-refractivity contribution in [2.75, 3.05) is 10.5 Å². The molecule has 0 saturated carbocycles. The summed E-state index contributed by atoms with van der Waals surface area (Å²) in [5.74, 6) is 0. The molecule has 0 aliphatic rings. The van der Waals surface area contributed by atoms with Crippen molar-refractivity contribution < 1.29 is 8.42 Å². The van der Waals surface area contributed by atoms with Crippen molar-refractivity contribution in [2.24, 2.45) is 0 Å². The van der Waals surface area contributed by atoms with Gasteiger partial charge in [-0.3, -0.25) is 4.72 Å². The Kier molecular flexibility index (Phi) is 4.28. The highest BCUT2D eigenvalue weighted by Gasteiger charge is 2.19. The summed E-state index contributed by atoms with van der Waals surface area (Å²) in [6, 6.07) is 10.1. The smallest absolute Gasteiger partial charge is 0.263 e. The Balaban J connectivity index is 2.46. The van der Waals surface area contributed by atoms with Crippen LogP contribution in [0.25, 0.3) is 0 Å². The molecule has 21 heavy (non-hydrogen) atoms. The number of hydrogen-bond acceptors (Lipinski definition) is 4. The van der Waals surface area contributed by atoms with E-state index in [1.165, 1.54) is 36.4 Å². The van der Waals surface area contributed by atoms with Gasteiger partial charge in [-0.1, -0.05) is 23.2 Å². The molecule has 0 aromatic heterocycles. The molecule has 2 rings (SSSR count). The van der Waals surface area contributed by atoms with Crippen LogP contribution in [0.3, 0.4) is 0 Å². The van der Waals surface area contributed by atoms with Gasteiger partial charge >= 0.3 is 0 Å². The van der Waals surface area contributed by atoms with Crippen molar-refractivity contribution in [2.45, 2.75) is 4.90 Å². The van der Waals surface area contributed by atoms with Crippen LogP contribution in [0.15, 0.2) is 41.3 Å². The molecule has 0 aliphatic heterocycles. The first-order valence-corrected chi connectivity index (χ1v) is 7.85. The highest BCUT2D eigenvalue weighted by molar-refractivity contribution is 7.92.